The molecule has 0 bridgehead atoms. The lowest BCUT2D eigenvalue weighted by Gasteiger charge is -2.10. The van der Waals surface area contributed by atoms with Crippen LogP contribution in [0.1, 0.15) is 17.1 Å². The molecule has 3 rings (SSSR count). The molecule has 8 heteroatoms. The number of hydrogen-bond donors (Lipinski definition) is 3. The van der Waals surface area contributed by atoms with Crippen molar-refractivity contribution in [2.75, 3.05) is 5.73 Å². The van der Waals surface area contributed by atoms with E-state index in [9.17, 15) is 4.39 Å². The van der Waals surface area contributed by atoms with E-state index in [1.54, 1.807) is 24.3 Å². The van der Waals surface area contributed by atoms with Crippen LogP contribution in [-0.2, 0) is 6.54 Å². The summed E-state index contributed by atoms with van der Waals surface area (Å²) in [5, 5.41) is 15.1. The SMILES string of the molecule is N=C(/C=C(\NCc1ccccc1F)c1ccon1)c1nccc(N)n1. The van der Waals surface area contributed by atoms with Gasteiger partial charge in [0.1, 0.15) is 29.3 Å². The summed E-state index contributed by atoms with van der Waals surface area (Å²) in [5.74, 6) is 0.128. The lowest BCUT2D eigenvalue weighted by Crippen LogP contribution is -2.15. The molecular formula is C17H15FN6O. The Morgan fingerprint density at radius 2 is 2.12 bits per heavy atom. The highest BCUT2D eigenvalue weighted by atomic mass is 19.1. The molecule has 0 unspecified atom stereocenters. The number of nitrogen functional groups attached to an aromatic ring is 1. The maximum Gasteiger partial charge on any atom is 0.179 e. The number of nitrogens with one attached hydrogen (secondary N) is 2. The Labute approximate surface area is 142 Å². The highest BCUT2D eigenvalue weighted by Gasteiger charge is 2.10. The first kappa shape index (κ1) is 16.3. The molecule has 0 radical (unpaired) electrons. The number of halogens is 1. The van der Waals surface area contributed by atoms with E-state index in [4.69, 9.17) is 15.7 Å². The standard InChI is InChI=1S/C17H15FN6O/c18-12-4-2-1-3-11(12)10-22-15(14-6-8-25-24-14)9-13(19)17-21-7-5-16(20)23-17/h1-9,19,22H,10H2,(H2,20,21,23)/b15-9-,19-13?. The van der Waals surface area contributed by atoms with Crippen molar-refractivity contribution in [2.45, 2.75) is 6.54 Å². The van der Waals surface area contributed by atoms with Crippen LogP contribution in [0.15, 0.2) is 59.5 Å². The van der Waals surface area contributed by atoms with Gasteiger partial charge in [-0.2, -0.15) is 0 Å². The molecule has 0 amide bonds. The van der Waals surface area contributed by atoms with Gasteiger partial charge in [-0.1, -0.05) is 23.4 Å². The maximum atomic E-state index is 13.8. The third-order valence-electron chi connectivity index (χ3n) is 3.35. The molecule has 0 spiro atoms. The molecule has 0 aliphatic rings. The van der Waals surface area contributed by atoms with Crippen molar-refractivity contribution in [1.29, 1.82) is 5.41 Å². The molecule has 126 valence electrons. The van der Waals surface area contributed by atoms with Crippen LogP contribution in [0.25, 0.3) is 5.70 Å². The Kier molecular flexibility index (Phi) is 4.79. The first-order chi connectivity index (χ1) is 12.1. The van der Waals surface area contributed by atoms with E-state index >= 15 is 0 Å². The van der Waals surface area contributed by atoms with Crippen LogP contribution < -0.4 is 11.1 Å². The van der Waals surface area contributed by atoms with Crippen LogP contribution in [0.5, 0.6) is 0 Å². The zero-order valence-electron chi connectivity index (χ0n) is 13.1. The van der Waals surface area contributed by atoms with Crippen LogP contribution in [-0.4, -0.2) is 20.8 Å². The van der Waals surface area contributed by atoms with Crippen molar-refractivity contribution in [1.82, 2.24) is 20.4 Å². The van der Waals surface area contributed by atoms with Gasteiger partial charge in [0, 0.05) is 24.4 Å². The summed E-state index contributed by atoms with van der Waals surface area (Å²) in [7, 11) is 0. The zero-order chi connectivity index (χ0) is 17.6. The first-order valence-electron chi connectivity index (χ1n) is 7.40. The van der Waals surface area contributed by atoms with Gasteiger partial charge >= 0.3 is 0 Å². The molecule has 2 aromatic heterocycles. The maximum absolute atomic E-state index is 13.8. The number of anilines is 1. The lowest BCUT2D eigenvalue weighted by atomic mass is 10.2. The van der Waals surface area contributed by atoms with E-state index in [1.165, 1.54) is 30.7 Å². The van der Waals surface area contributed by atoms with Gasteiger partial charge in [0.15, 0.2) is 5.82 Å². The average molecular weight is 338 g/mol. The molecule has 0 aliphatic heterocycles. The molecule has 1 aromatic carbocycles. The van der Waals surface area contributed by atoms with Crippen LogP contribution in [0.3, 0.4) is 0 Å². The van der Waals surface area contributed by atoms with E-state index in [1.807, 2.05) is 0 Å². The highest BCUT2D eigenvalue weighted by Crippen LogP contribution is 2.13. The Balaban J connectivity index is 1.85. The Morgan fingerprint density at radius 3 is 2.84 bits per heavy atom. The molecule has 2 heterocycles. The molecule has 4 N–H and O–H groups in total. The summed E-state index contributed by atoms with van der Waals surface area (Å²) in [6.07, 6.45) is 4.38. The third kappa shape index (κ3) is 4.05. The van der Waals surface area contributed by atoms with Crippen molar-refractivity contribution < 1.29 is 8.91 Å². The first-order valence-corrected chi connectivity index (χ1v) is 7.40. The minimum atomic E-state index is -0.316. The van der Waals surface area contributed by atoms with Crippen molar-refractivity contribution in [2.24, 2.45) is 0 Å². The number of hydrogen-bond acceptors (Lipinski definition) is 7. The molecular weight excluding hydrogens is 323 g/mol. The van der Waals surface area contributed by atoms with E-state index in [2.05, 4.69) is 20.4 Å². The molecule has 25 heavy (non-hydrogen) atoms. The van der Waals surface area contributed by atoms with Crippen LogP contribution in [0.4, 0.5) is 10.2 Å². The van der Waals surface area contributed by atoms with Gasteiger partial charge < -0.3 is 15.6 Å². The summed E-state index contributed by atoms with van der Waals surface area (Å²) in [6.45, 7) is 0.219. The van der Waals surface area contributed by atoms with Gasteiger partial charge in [-0.3, -0.25) is 5.41 Å². The fourth-order valence-electron chi connectivity index (χ4n) is 2.11. The second kappa shape index (κ2) is 7.35. The average Bonchev–Trinajstić information content (AvgIpc) is 3.14. The number of benzene rings is 1. The van der Waals surface area contributed by atoms with Crippen LogP contribution in [0, 0.1) is 11.2 Å². The second-order valence-corrected chi connectivity index (χ2v) is 5.11. The van der Waals surface area contributed by atoms with Crippen molar-refractivity contribution >= 4 is 17.2 Å². The summed E-state index contributed by atoms with van der Waals surface area (Å²) in [5.41, 5.74) is 7.10. The molecule has 3 aromatic rings. The van der Waals surface area contributed by atoms with E-state index < -0.39 is 0 Å². The zero-order valence-corrected chi connectivity index (χ0v) is 13.1. The van der Waals surface area contributed by atoms with Gasteiger partial charge in [0.2, 0.25) is 0 Å². The van der Waals surface area contributed by atoms with E-state index in [-0.39, 0.29) is 29.7 Å². The number of rotatable bonds is 6. The number of nitrogens with two attached hydrogens (primary N) is 1. The Bertz CT molecular complexity index is 907. The van der Waals surface area contributed by atoms with Crippen molar-refractivity contribution in [3.8, 4) is 0 Å². The number of nitrogens with zero attached hydrogens (tertiary/aromatic N) is 3. The largest absolute Gasteiger partial charge is 0.384 e. The molecule has 0 fully saturated rings. The predicted octanol–water partition coefficient (Wildman–Crippen LogP) is 2.38. The van der Waals surface area contributed by atoms with Crippen LogP contribution >= 0.6 is 0 Å². The summed E-state index contributed by atoms with van der Waals surface area (Å²) < 4.78 is 18.6. The minimum absolute atomic E-state index is 0.0336. The Morgan fingerprint density at radius 1 is 1.28 bits per heavy atom. The van der Waals surface area contributed by atoms with Crippen LogP contribution in [0.2, 0.25) is 0 Å². The summed E-state index contributed by atoms with van der Waals surface area (Å²) >= 11 is 0. The molecule has 0 aliphatic carbocycles. The number of aromatic nitrogens is 3. The van der Waals surface area contributed by atoms with Gasteiger partial charge in [0.25, 0.3) is 0 Å². The fraction of sp³-hybridized carbons (Fsp3) is 0.0588. The smallest absolute Gasteiger partial charge is 0.179 e. The minimum Gasteiger partial charge on any atom is -0.384 e. The number of allylic oxidation sites excluding steroid dienone is 1. The summed E-state index contributed by atoms with van der Waals surface area (Å²) in [4.78, 5) is 8.02. The highest BCUT2D eigenvalue weighted by molar-refractivity contribution is 6.07. The Hall–Kier alpha value is -3.55. The quantitative estimate of drug-likeness (QED) is 0.595. The lowest BCUT2D eigenvalue weighted by molar-refractivity contribution is 0.417. The van der Waals surface area contributed by atoms with Crippen molar-refractivity contribution in [3.05, 3.63) is 77.8 Å². The molecule has 0 saturated heterocycles. The fourth-order valence-corrected chi connectivity index (χ4v) is 2.11. The van der Waals surface area contributed by atoms with Crippen molar-refractivity contribution in [3.63, 3.8) is 0 Å². The summed E-state index contributed by atoms with van der Waals surface area (Å²) in [6, 6.07) is 9.61. The van der Waals surface area contributed by atoms with Gasteiger partial charge in [-0.15, -0.1) is 0 Å². The van der Waals surface area contributed by atoms with Gasteiger partial charge in [-0.25, -0.2) is 14.4 Å². The molecule has 0 saturated carbocycles. The molecule has 7 nitrogen and oxygen atoms in total. The normalized spacial score (nSPS) is 11.3. The topological polar surface area (TPSA) is 114 Å². The predicted molar refractivity (Wildman–Crippen MR) is 91.0 cm³/mol. The van der Waals surface area contributed by atoms with E-state index in [0.29, 0.717) is 17.0 Å². The third-order valence-corrected chi connectivity index (χ3v) is 3.35. The monoisotopic (exact) mass is 338 g/mol. The van der Waals surface area contributed by atoms with E-state index in [0.717, 1.165) is 0 Å². The second-order valence-electron chi connectivity index (χ2n) is 5.11. The van der Waals surface area contributed by atoms with Gasteiger partial charge in [-0.05, 0) is 18.2 Å². The molecule has 0 atom stereocenters. The van der Waals surface area contributed by atoms with Gasteiger partial charge in [0.05, 0.1) is 5.70 Å².